The number of aliphatic hydroxyl groups is 1. The number of ether oxygens (including phenoxy) is 3. The third kappa shape index (κ3) is 3.71. The molecule has 3 aromatic carbocycles. The molecule has 3 aromatic rings. The second-order valence-electron chi connectivity index (χ2n) is 7.08. The van der Waals surface area contributed by atoms with Gasteiger partial charge in [-0.25, -0.2) is 9.79 Å². The molecular weight excluding hydrogens is 426 g/mol. The van der Waals surface area contributed by atoms with Crippen molar-refractivity contribution in [3.05, 3.63) is 82.5 Å². The van der Waals surface area contributed by atoms with E-state index in [0.29, 0.717) is 27.1 Å². The third-order valence-electron chi connectivity index (χ3n) is 5.05. The second kappa shape index (κ2) is 8.43. The number of aliphatic hydroxyl groups excluding tert-OH is 1. The van der Waals surface area contributed by atoms with Crippen LogP contribution in [0.3, 0.4) is 0 Å². The minimum Gasteiger partial charge on any atom is -0.506 e. The molecule has 0 aliphatic carbocycles. The lowest BCUT2D eigenvalue weighted by Gasteiger charge is -2.05. The van der Waals surface area contributed by atoms with Crippen molar-refractivity contribution in [2.45, 2.75) is 6.92 Å². The zero-order chi connectivity index (χ0) is 22.1. The molecule has 32 heavy (non-hydrogen) atoms. The molecule has 7 heteroatoms. The molecule has 2 aliphatic heterocycles. The lowest BCUT2D eigenvalue weighted by Crippen LogP contribution is -2.12. The van der Waals surface area contributed by atoms with E-state index in [1.54, 1.807) is 13.0 Å². The normalized spacial score (nSPS) is 17.5. The van der Waals surface area contributed by atoms with Crippen LogP contribution in [0, 0.1) is 0 Å². The van der Waals surface area contributed by atoms with Crippen LogP contribution in [-0.4, -0.2) is 29.5 Å². The first-order chi connectivity index (χ1) is 15.6. The van der Waals surface area contributed by atoms with E-state index in [1.807, 2.05) is 60.7 Å². The molecule has 0 fully saturated rings. The summed E-state index contributed by atoms with van der Waals surface area (Å²) in [6.45, 7) is 2.11. The Morgan fingerprint density at radius 3 is 2.81 bits per heavy atom. The second-order valence-corrected chi connectivity index (χ2v) is 8.11. The smallest absolute Gasteiger partial charge is 0.344 e. The minimum absolute atomic E-state index is 0.0665. The van der Waals surface area contributed by atoms with Crippen molar-refractivity contribution in [1.82, 2.24) is 0 Å². The molecule has 0 unspecified atom stereocenters. The fourth-order valence-corrected chi connectivity index (χ4v) is 4.59. The SMILES string of the molecule is CCOC(=O)C1=C(O)/C(=C\c2ccc3c(c2)OCO3)SC1=Nc1cccc2ccccc12. The van der Waals surface area contributed by atoms with Gasteiger partial charge in [0.25, 0.3) is 0 Å². The topological polar surface area (TPSA) is 77.4 Å². The molecule has 1 N–H and O–H groups in total. The number of esters is 1. The molecule has 6 nitrogen and oxygen atoms in total. The average molecular weight is 445 g/mol. The number of carbonyl (C=O) groups excluding carboxylic acids is 1. The number of benzene rings is 3. The Balaban J connectivity index is 1.58. The maximum Gasteiger partial charge on any atom is 0.344 e. The summed E-state index contributed by atoms with van der Waals surface area (Å²) in [7, 11) is 0. The Morgan fingerprint density at radius 1 is 1.12 bits per heavy atom. The molecule has 0 aromatic heterocycles. The fraction of sp³-hybridized carbons (Fsp3) is 0.120. The zero-order valence-corrected chi connectivity index (χ0v) is 18.0. The molecular formula is C25H19NO5S. The van der Waals surface area contributed by atoms with Gasteiger partial charge in [0.05, 0.1) is 17.2 Å². The number of hydrogen-bond acceptors (Lipinski definition) is 7. The predicted molar refractivity (Wildman–Crippen MR) is 125 cm³/mol. The number of carbonyl (C=O) groups is 1. The van der Waals surface area contributed by atoms with Crippen LogP contribution in [-0.2, 0) is 9.53 Å². The van der Waals surface area contributed by atoms with Crippen molar-refractivity contribution in [2.24, 2.45) is 4.99 Å². The summed E-state index contributed by atoms with van der Waals surface area (Å²) < 4.78 is 16.0. The van der Waals surface area contributed by atoms with Crippen molar-refractivity contribution >= 4 is 45.3 Å². The van der Waals surface area contributed by atoms with E-state index in [1.165, 1.54) is 11.8 Å². The molecule has 0 atom stereocenters. The van der Waals surface area contributed by atoms with Gasteiger partial charge in [0.1, 0.15) is 16.4 Å². The van der Waals surface area contributed by atoms with Crippen molar-refractivity contribution < 1.29 is 24.1 Å². The van der Waals surface area contributed by atoms with Gasteiger partial charge >= 0.3 is 5.97 Å². The van der Waals surface area contributed by atoms with E-state index in [2.05, 4.69) is 0 Å². The minimum atomic E-state index is -0.606. The summed E-state index contributed by atoms with van der Waals surface area (Å²) >= 11 is 1.23. The summed E-state index contributed by atoms with van der Waals surface area (Å²) in [5.41, 5.74) is 1.58. The van der Waals surface area contributed by atoms with Crippen molar-refractivity contribution in [2.75, 3.05) is 13.4 Å². The molecule has 0 radical (unpaired) electrons. The summed E-state index contributed by atoms with van der Waals surface area (Å²) in [5, 5.41) is 13.3. The van der Waals surface area contributed by atoms with Crippen molar-refractivity contribution in [1.29, 1.82) is 0 Å². The van der Waals surface area contributed by atoms with Gasteiger partial charge in [0, 0.05) is 5.39 Å². The van der Waals surface area contributed by atoms with Gasteiger partial charge < -0.3 is 19.3 Å². The molecule has 2 heterocycles. The highest BCUT2D eigenvalue weighted by atomic mass is 32.2. The van der Waals surface area contributed by atoms with Crippen LogP contribution in [0.4, 0.5) is 5.69 Å². The first-order valence-electron chi connectivity index (χ1n) is 10.1. The summed E-state index contributed by atoms with van der Waals surface area (Å²) in [5.74, 6) is 0.563. The highest BCUT2D eigenvalue weighted by molar-refractivity contribution is 8.18. The van der Waals surface area contributed by atoms with E-state index < -0.39 is 5.97 Å². The zero-order valence-electron chi connectivity index (χ0n) is 17.2. The Hall–Kier alpha value is -3.71. The monoisotopic (exact) mass is 445 g/mol. The highest BCUT2D eigenvalue weighted by Gasteiger charge is 2.33. The Bertz CT molecular complexity index is 1320. The molecule has 160 valence electrons. The van der Waals surface area contributed by atoms with Gasteiger partial charge in [-0.1, -0.05) is 54.2 Å². The van der Waals surface area contributed by atoms with Crippen LogP contribution in [0.25, 0.3) is 16.8 Å². The van der Waals surface area contributed by atoms with Crippen LogP contribution in [0.15, 0.2) is 81.9 Å². The Kier molecular flexibility index (Phi) is 5.33. The first kappa shape index (κ1) is 20.2. The summed E-state index contributed by atoms with van der Waals surface area (Å²) in [6, 6.07) is 19.2. The summed E-state index contributed by atoms with van der Waals surface area (Å²) in [4.78, 5) is 17.9. The Labute approximate surface area is 188 Å². The lowest BCUT2D eigenvalue weighted by molar-refractivity contribution is -0.138. The number of hydrogen-bond donors (Lipinski definition) is 1. The average Bonchev–Trinajstić information content (AvgIpc) is 3.38. The quantitative estimate of drug-likeness (QED) is 0.515. The van der Waals surface area contributed by atoms with Crippen LogP contribution in [0.5, 0.6) is 11.5 Å². The van der Waals surface area contributed by atoms with Crippen molar-refractivity contribution in [3.63, 3.8) is 0 Å². The molecule has 0 spiro atoms. The first-order valence-corrected chi connectivity index (χ1v) is 10.9. The third-order valence-corrected chi connectivity index (χ3v) is 6.07. The van der Waals surface area contributed by atoms with Gasteiger partial charge in [-0.2, -0.15) is 0 Å². The van der Waals surface area contributed by atoms with Gasteiger partial charge in [-0.05, 0) is 42.1 Å². The lowest BCUT2D eigenvalue weighted by atomic mass is 10.1. The molecule has 0 amide bonds. The number of rotatable bonds is 4. The van der Waals surface area contributed by atoms with Gasteiger partial charge in [-0.3, -0.25) is 0 Å². The molecule has 2 aliphatic rings. The molecule has 0 saturated heterocycles. The number of fused-ring (bicyclic) bond motifs is 2. The van der Waals surface area contributed by atoms with E-state index >= 15 is 0 Å². The maximum atomic E-state index is 12.7. The van der Waals surface area contributed by atoms with Gasteiger partial charge in [0.15, 0.2) is 11.5 Å². The summed E-state index contributed by atoms with van der Waals surface area (Å²) in [6.07, 6.45) is 1.78. The maximum absolute atomic E-state index is 12.7. The standard InChI is InChI=1S/C25H19NO5S/c1-2-29-25(28)22-23(27)21(13-15-10-11-19-20(12-15)31-14-30-19)32-24(22)26-18-9-5-7-16-6-3-4-8-17(16)18/h3-13,27H,2,14H2,1H3/b21-13+,26-24?. The largest absolute Gasteiger partial charge is 0.506 e. The van der Waals surface area contributed by atoms with Gasteiger partial charge in [-0.15, -0.1) is 0 Å². The molecule has 0 bridgehead atoms. The number of nitrogens with zero attached hydrogens (tertiary/aromatic N) is 1. The van der Waals surface area contributed by atoms with Crippen LogP contribution >= 0.6 is 11.8 Å². The molecule has 0 saturated carbocycles. The van der Waals surface area contributed by atoms with E-state index in [0.717, 1.165) is 16.3 Å². The number of thioether (sulfide) groups is 1. The fourth-order valence-electron chi connectivity index (χ4n) is 3.56. The van der Waals surface area contributed by atoms with E-state index in [-0.39, 0.29) is 24.7 Å². The van der Waals surface area contributed by atoms with E-state index in [9.17, 15) is 9.90 Å². The van der Waals surface area contributed by atoms with Gasteiger partial charge in [0.2, 0.25) is 6.79 Å². The highest BCUT2D eigenvalue weighted by Crippen LogP contribution is 2.42. The van der Waals surface area contributed by atoms with Crippen molar-refractivity contribution in [3.8, 4) is 11.5 Å². The van der Waals surface area contributed by atoms with Crippen LogP contribution in [0.2, 0.25) is 0 Å². The number of aliphatic imine (C=N–C) groups is 1. The van der Waals surface area contributed by atoms with Crippen LogP contribution < -0.4 is 9.47 Å². The molecule has 5 rings (SSSR count). The Morgan fingerprint density at radius 2 is 1.94 bits per heavy atom. The predicted octanol–water partition coefficient (Wildman–Crippen LogP) is 5.76. The van der Waals surface area contributed by atoms with Crippen LogP contribution in [0.1, 0.15) is 12.5 Å². The van der Waals surface area contributed by atoms with E-state index in [4.69, 9.17) is 19.2 Å².